The van der Waals surface area contributed by atoms with Crippen LogP contribution in [0.5, 0.6) is 0 Å². The maximum Gasteiger partial charge on any atom is 0.236 e. The van der Waals surface area contributed by atoms with E-state index in [1.165, 1.54) is 0 Å². The van der Waals surface area contributed by atoms with Crippen LogP contribution in [0.1, 0.15) is 40.5 Å². The molecule has 0 aromatic rings. The lowest BCUT2D eigenvalue weighted by Gasteiger charge is -2.49. The standard InChI is InChI=1S/C15H28N4O2/c1-11-9-15(10-11,12(16)17-21)13(20)18-5-7-19(8-6-18)14(2,3)4/h11,21H,5-10H2,1-4H3,(H2,16,17). The van der Waals surface area contributed by atoms with Gasteiger partial charge in [0.15, 0.2) is 5.84 Å². The molecule has 120 valence electrons. The van der Waals surface area contributed by atoms with Crippen LogP contribution in [0.4, 0.5) is 0 Å². The van der Waals surface area contributed by atoms with Crippen LogP contribution < -0.4 is 5.73 Å². The Morgan fingerprint density at radius 1 is 1.24 bits per heavy atom. The van der Waals surface area contributed by atoms with Gasteiger partial charge in [0.2, 0.25) is 5.91 Å². The molecule has 0 spiro atoms. The number of amides is 1. The fourth-order valence-electron chi connectivity index (χ4n) is 3.60. The van der Waals surface area contributed by atoms with Gasteiger partial charge in [-0.2, -0.15) is 0 Å². The first-order valence-electron chi connectivity index (χ1n) is 7.73. The van der Waals surface area contributed by atoms with Gasteiger partial charge in [0.1, 0.15) is 5.41 Å². The third-order valence-corrected chi connectivity index (χ3v) is 4.92. The minimum Gasteiger partial charge on any atom is -0.409 e. The Morgan fingerprint density at radius 2 is 1.76 bits per heavy atom. The summed E-state index contributed by atoms with van der Waals surface area (Å²) in [4.78, 5) is 17.1. The number of oxime groups is 1. The molecule has 0 atom stereocenters. The van der Waals surface area contributed by atoms with E-state index in [1.807, 2.05) is 4.90 Å². The van der Waals surface area contributed by atoms with E-state index >= 15 is 0 Å². The molecule has 0 unspecified atom stereocenters. The number of rotatable bonds is 2. The normalized spacial score (nSPS) is 31.9. The van der Waals surface area contributed by atoms with Gasteiger partial charge in [-0.3, -0.25) is 9.69 Å². The highest BCUT2D eigenvalue weighted by Crippen LogP contribution is 2.47. The van der Waals surface area contributed by atoms with Gasteiger partial charge in [0, 0.05) is 31.7 Å². The summed E-state index contributed by atoms with van der Waals surface area (Å²) in [6.45, 7) is 11.8. The Balaban J connectivity index is 2.04. The average Bonchev–Trinajstić information content (AvgIpc) is 2.41. The van der Waals surface area contributed by atoms with Crippen molar-refractivity contribution in [3.8, 4) is 0 Å². The molecule has 0 aromatic heterocycles. The van der Waals surface area contributed by atoms with Gasteiger partial charge in [-0.15, -0.1) is 0 Å². The molecule has 3 N–H and O–H groups in total. The van der Waals surface area contributed by atoms with Crippen molar-refractivity contribution >= 4 is 11.7 Å². The van der Waals surface area contributed by atoms with Crippen molar-refractivity contribution in [1.29, 1.82) is 0 Å². The van der Waals surface area contributed by atoms with Crippen molar-refractivity contribution in [3.63, 3.8) is 0 Å². The van der Waals surface area contributed by atoms with Crippen molar-refractivity contribution in [2.75, 3.05) is 26.2 Å². The minimum atomic E-state index is -0.766. The van der Waals surface area contributed by atoms with E-state index in [0.29, 0.717) is 31.8 Å². The van der Waals surface area contributed by atoms with Gasteiger partial charge in [-0.1, -0.05) is 12.1 Å². The van der Waals surface area contributed by atoms with Crippen LogP contribution in [-0.4, -0.2) is 58.5 Å². The first-order valence-corrected chi connectivity index (χ1v) is 7.73. The van der Waals surface area contributed by atoms with Crippen LogP contribution in [-0.2, 0) is 4.79 Å². The number of carbonyl (C=O) groups excluding carboxylic acids is 1. The third-order valence-electron chi connectivity index (χ3n) is 4.92. The number of carbonyl (C=O) groups is 1. The quantitative estimate of drug-likeness (QED) is 0.346. The Labute approximate surface area is 127 Å². The number of piperazine rings is 1. The zero-order valence-electron chi connectivity index (χ0n) is 13.6. The zero-order chi connectivity index (χ0) is 15.8. The Kier molecular flexibility index (Phi) is 4.19. The van der Waals surface area contributed by atoms with Gasteiger partial charge < -0.3 is 15.8 Å². The van der Waals surface area contributed by atoms with Gasteiger partial charge in [-0.05, 0) is 39.5 Å². The lowest BCUT2D eigenvalue weighted by Crippen LogP contribution is -2.62. The molecule has 0 bridgehead atoms. The van der Waals surface area contributed by atoms with E-state index < -0.39 is 5.41 Å². The summed E-state index contributed by atoms with van der Waals surface area (Å²) in [5.41, 5.74) is 5.18. The molecule has 2 fully saturated rings. The summed E-state index contributed by atoms with van der Waals surface area (Å²) >= 11 is 0. The smallest absolute Gasteiger partial charge is 0.236 e. The molecule has 1 aliphatic carbocycles. The van der Waals surface area contributed by atoms with Crippen molar-refractivity contribution in [2.45, 2.75) is 46.1 Å². The van der Waals surface area contributed by atoms with Crippen LogP contribution in [0.25, 0.3) is 0 Å². The van der Waals surface area contributed by atoms with E-state index in [4.69, 9.17) is 10.9 Å². The van der Waals surface area contributed by atoms with Crippen molar-refractivity contribution in [2.24, 2.45) is 22.2 Å². The zero-order valence-corrected chi connectivity index (χ0v) is 13.6. The first kappa shape index (κ1) is 16.1. The Hall–Kier alpha value is -1.30. The Bertz CT molecular complexity index is 427. The SMILES string of the molecule is CC1CC(C(=O)N2CCN(C(C)(C)C)CC2)(C(N)=NO)C1. The summed E-state index contributed by atoms with van der Waals surface area (Å²) in [5.74, 6) is 0.554. The van der Waals surface area contributed by atoms with Gasteiger partial charge in [0.05, 0.1) is 0 Å². The fraction of sp³-hybridized carbons (Fsp3) is 0.867. The minimum absolute atomic E-state index is 0.0319. The van der Waals surface area contributed by atoms with Gasteiger partial charge in [0.25, 0.3) is 0 Å². The van der Waals surface area contributed by atoms with Crippen LogP contribution in [0.15, 0.2) is 5.16 Å². The average molecular weight is 296 g/mol. The highest BCUT2D eigenvalue weighted by molar-refractivity contribution is 6.07. The molecule has 1 saturated heterocycles. The van der Waals surface area contributed by atoms with Gasteiger partial charge >= 0.3 is 0 Å². The monoisotopic (exact) mass is 296 g/mol. The third kappa shape index (κ3) is 2.86. The van der Waals surface area contributed by atoms with Crippen LogP contribution >= 0.6 is 0 Å². The van der Waals surface area contributed by atoms with Crippen LogP contribution in [0.3, 0.4) is 0 Å². The lowest BCUT2D eigenvalue weighted by atomic mass is 9.61. The van der Waals surface area contributed by atoms with Crippen molar-refractivity contribution < 1.29 is 10.0 Å². The van der Waals surface area contributed by atoms with Crippen molar-refractivity contribution in [1.82, 2.24) is 9.80 Å². The highest BCUT2D eigenvalue weighted by Gasteiger charge is 2.54. The summed E-state index contributed by atoms with van der Waals surface area (Å²) in [6, 6.07) is 0. The maximum absolute atomic E-state index is 12.8. The fourth-order valence-corrected chi connectivity index (χ4v) is 3.60. The van der Waals surface area contributed by atoms with Crippen LogP contribution in [0, 0.1) is 11.3 Å². The number of nitrogens with zero attached hydrogens (tertiary/aromatic N) is 3. The predicted octanol–water partition coefficient (Wildman–Crippen LogP) is 1.09. The lowest BCUT2D eigenvalue weighted by molar-refractivity contribution is -0.147. The molecule has 21 heavy (non-hydrogen) atoms. The van der Waals surface area contributed by atoms with Crippen LogP contribution in [0.2, 0.25) is 0 Å². The van der Waals surface area contributed by atoms with Crippen molar-refractivity contribution in [3.05, 3.63) is 0 Å². The second kappa shape index (κ2) is 5.48. The molecule has 2 rings (SSSR count). The second-order valence-corrected chi connectivity index (χ2v) is 7.53. The summed E-state index contributed by atoms with van der Waals surface area (Å²) < 4.78 is 0. The van der Waals surface area contributed by atoms with E-state index in [1.54, 1.807) is 0 Å². The maximum atomic E-state index is 12.8. The molecule has 1 amide bonds. The number of amidine groups is 1. The molecule has 0 aromatic carbocycles. The summed E-state index contributed by atoms with van der Waals surface area (Å²) in [5, 5.41) is 12.1. The largest absolute Gasteiger partial charge is 0.409 e. The number of hydrogen-bond donors (Lipinski definition) is 2. The first-order chi connectivity index (χ1) is 9.70. The summed E-state index contributed by atoms with van der Waals surface area (Å²) in [6.07, 6.45) is 1.36. The van der Waals surface area contributed by atoms with E-state index in [0.717, 1.165) is 13.1 Å². The van der Waals surface area contributed by atoms with E-state index in [2.05, 4.69) is 37.8 Å². The predicted molar refractivity (Wildman–Crippen MR) is 82.1 cm³/mol. The molecule has 1 aliphatic heterocycles. The van der Waals surface area contributed by atoms with Gasteiger partial charge in [-0.25, -0.2) is 0 Å². The highest BCUT2D eigenvalue weighted by atomic mass is 16.4. The second-order valence-electron chi connectivity index (χ2n) is 7.53. The van der Waals surface area contributed by atoms with E-state index in [-0.39, 0.29) is 17.3 Å². The molecular formula is C15H28N4O2. The summed E-state index contributed by atoms with van der Waals surface area (Å²) in [7, 11) is 0. The molecule has 6 heteroatoms. The number of hydrogen-bond acceptors (Lipinski definition) is 4. The molecular weight excluding hydrogens is 268 g/mol. The molecule has 2 aliphatic rings. The molecule has 6 nitrogen and oxygen atoms in total. The molecule has 0 radical (unpaired) electrons. The van der Waals surface area contributed by atoms with E-state index in [9.17, 15) is 4.79 Å². The number of nitrogens with two attached hydrogens (primary N) is 1. The molecule has 1 saturated carbocycles. The molecule has 1 heterocycles. The Morgan fingerprint density at radius 3 is 2.14 bits per heavy atom. The topological polar surface area (TPSA) is 82.2 Å².